The molecule has 1 fully saturated rings. The Morgan fingerprint density at radius 3 is 3.06 bits per heavy atom. The highest BCUT2D eigenvalue weighted by Crippen LogP contribution is 2.16. The Kier molecular flexibility index (Phi) is 3.91. The lowest BCUT2D eigenvalue weighted by molar-refractivity contribution is 0.0769. The van der Waals surface area contributed by atoms with Crippen LogP contribution in [0.1, 0.15) is 16.8 Å². The third-order valence-corrected chi connectivity index (χ3v) is 3.37. The molecule has 1 amide bonds. The topological polar surface area (TPSA) is 36.4 Å². The largest absolute Gasteiger partial charge is 0.341 e. The second kappa shape index (κ2) is 5.44. The van der Waals surface area contributed by atoms with E-state index in [2.05, 4.69) is 16.9 Å². The summed E-state index contributed by atoms with van der Waals surface area (Å²) in [6, 6.07) is 1.43. The van der Waals surface area contributed by atoms with E-state index < -0.39 is 5.82 Å². The minimum Gasteiger partial charge on any atom is -0.341 e. The van der Waals surface area contributed by atoms with Crippen LogP contribution in [0, 0.1) is 11.7 Å². The van der Waals surface area contributed by atoms with E-state index in [0.717, 1.165) is 25.7 Å². The van der Waals surface area contributed by atoms with Crippen LogP contribution in [0.5, 0.6) is 0 Å². The molecule has 1 saturated heterocycles. The van der Waals surface area contributed by atoms with Gasteiger partial charge < -0.3 is 9.80 Å². The molecule has 0 aromatic carbocycles. The van der Waals surface area contributed by atoms with Crippen LogP contribution in [0.25, 0.3) is 0 Å². The third-order valence-electron chi connectivity index (χ3n) is 3.37. The van der Waals surface area contributed by atoms with E-state index >= 15 is 0 Å². The number of likely N-dealkylation sites (tertiary alicyclic amines) is 1. The lowest BCUT2D eigenvalue weighted by atomic mass is 10.1. The van der Waals surface area contributed by atoms with Crippen LogP contribution in [0.3, 0.4) is 0 Å². The summed E-state index contributed by atoms with van der Waals surface area (Å²) in [5, 5.41) is 0. The Labute approximate surface area is 106 Å². The molecule has 5 heteroatoms. The highest BCUT2D eigenvalue weighted by molar-refractivity contribution is 5.94. The number of halogens is 1. The summed E-state index contributed by atoms with van der Waals surface area (Å²) in [6.07, 6.45) is 3.60. The molecular formula is C13H18FN3O. The highest BCUT2D eigenvalue weighted by Gasteiger charge is 2.24. The number of aromatic nitrogens is 1. The zero-order valence-corrected chi connectivity index (χ0v) is 10.8. The van der Waals surface area contributed by atoms with E-state index in [1.54, 1.807) is 11.9 Å². The zero-order valence-electron chi connectivity index (χ0n) is 10.8. The van der Waals surface area contributed by atoms with E-state index in [-0.39, 0.29) is 11.5 Å². The lowest BCUT2D eigenvalue weighted by Crippen LogP contribution is -2.33. The summed E-state index contributed by atoms with van der Waals surface area (Å²) in [5.41, 5.74) is 0.0962. The minimum absolute atomic E-state index is 0.0962. The molecule has 1 unspecified atom stereocenters. The minimum atomic E-state index is -0.558. The van der Waals surface area contributed by atoms with Crippen molar-refractivity contribution >= 4 is 5.91 Å². The number of amides is 1. The number of nitrogens with zero attached hydrogens (tertiary/aromatic N) is 3. The third kappa shape index (κ3) is 2.85. The van der Waals surface area contributed by atoms with Gasteiger partial charge in [0.1, 0.15) is 0 Å². The van der Waals surface area contributed by atoms with Crippen molar-refractivity contribution in [3.63, 3.8) is 0 Å². The molecule has 18 heavy (non-hydrogen) atoms. The fourth-order valence-corrected chi connectivity index (χ4v) is 2.40. The fourth-order valence-electron chi connectivity index (χ4n) is 2.40. The van der Waals surface area contributed by atoms with Crippen molar-refractivity contribution in [1.82, 2.24) is 14.8 Å². The predicted octanol–water partition coefficient (Wildman–Crippen LogP) is 1.24. The predicted molar refractivity (Wildman–Crippen MR) is 66.8 cm³/mol. The number of carbonyl (C=O) groups excluding carboxylic acids is 1. The summed E-state index contributed by atoms with van der Waals surface area (Å²) < 4.78 is 13.5. The van der Waals surface area contributed by atoms with Gasteiger partial charge in [-0.2, -0.15) is 0 Å². The van der Waals surface area contributed by atoms with Gasteiger partial charge in [0, 0.05) is 26.3 Å². The summed E-state index contributed by atoms with van der Waals surface area (Å²) >= 11 is 0. The smallest absolute Gasteiger partial charge is 0.256 e. The maximum atomic E-state index is 13.5. The van der Waals surface area contributed by atoms with Crippen molar-refractivity contribution in [3.05, 3.63) is 29.8 Å². The summed E-state index contributed by atoms with van der Waals surface area (Å²) in [7, 11) is 3.80. The molecule has 4 nitrogen and oxygen atoms in total. The Hall–Kier alpha value is -1.49. The first kappa shape index (κ1) is 13.0. The fraction of sp³-hybridized carbons (Fsp3) is 0.538. The van der Waals surface area contributed by atoms with E-state index in [1.807, 2.05) is 0 Å². The normalized spacial score (nSPS) is 20.1. The van der Waals surface area contributed by atoms with Gasteiger partial charge in [0.25, 0.3) is 5.91 Å². The van der Waals surface area contributed by atoms with Crippen LogP contribution < -0.4 is 0 Å². The molecule has 0 aliphatic carbocycles. The Morgan fingerprint density at radius 1 is 1.67 bits per heavy atom. The van der Waals surface area contributed by atoms with Crippen LogP contribution >= 0.6 is 0 Å². The Morgan fingerprint density at radius 2 is 2.44 bits per heavy atom. The molecule has 2 rings (SSSR count). The van der Waals surface area contributed by atoms with Gasteiger partial charge in [0.2, 0.25) is 0 Å². The van der Waals surface area contributed by atoms with Gasteiger partial charge in [-0.3, -0.25) is 9.78 Å². The van der Waals surface area contributed by atoms with Gasteiger partial charge in [0.15, 0.2) is 5.82 Å². The monoisotopic (exact) mass is 251 g/mol. The quantitative estimate of drug-likeness (QED) is 0.811. The first-order chi connectivity index (χ1) is 8.58. The molecule has 1 aliphatic heterocycles. The molecule has 98 valence electrons. The van der Waals surface area contributed by atoms with Crippen molar-refractivity contribution in [3.8, 4) is 0 Å². The first-order valence-corrected chi connectivity index (χ1v) is 6.11. The van der Waals surface area contributed by atoms with Crippen LogP contribution in [0.15, 0.2) is 18.5 Å². The van der Waals surface area contributed by atoms with E-state index in [1.165, 1.54) is 12.3 Å². The summed E-state index contributed by atoms with van der Waals surface area (Å²) in [6.45, 7) is 2.73. The number of pyridine rings is 1. The first-order valence-electron chi connectivity index (χ1n) is 6.11. The molecule has 1 aliphatic rings. The lowest BCUT2D eigenvalue weighted by Gasteiger charge is -2.21. The highest BCUT2D eigenvalue weighted by atomic mass is 19.1. The molecule has 0 spiro atoms. The van der Waals surface area contributed by atoms with E-state index in [4.69, 9.17) is 0 Å². The van der Waals surface area contributed by atoms with E-state index in [0.29, 0.717) is 12.5 Å². The molecule has 0 N–H and O–H groups in total. The van der Waals surface area contributed by atoms with Crippen molar-refractivity contribution in [1.29, 1.82) is 0 Å². The Bertz CT molecular complexity index is 438. The number of rotatable bonds is 3. The van der Waals surface area contributed by atoms with Gasteiger partial charge in [-0.25, -0.2) is 4.39 Å². The van der Waals surface area contributed by atoms with Crippen molar-refractivity contribution in [2.75, 3.05) is 33.7 Å². The molecular weight excluding hydrogens is 233 g/mol. The van der Waals surface area contributed by atoms with Crippen LogP contribution in [0.4, 0.5) is 4.39 Å². The maximum absolute atomic E-state index is 13.5. The summed E-state index contributed by atoms with van der Waals surface area (Å²) in [5.74, 6) is -0.351. The maximum Gasteiger partial charge on any atom is 0.256 e. The molecule has 0 saturated carbocycles. The molecule has 2 heterocycles. The molecule has 0 bridgehead atoms. The second-order valence-electron chi connectivity index (χ2n) is 4.96. The number of hydrogen-bond donors (Lipinski definition) is 0. The average molecular weight is 251 g/mol. The SMILES string of the molecule is CN1CCC(CN(C)C(=O)c2ccncc2F)C1. The average Bonchev–Trinajstić information content (AvgIpc) is 2.74. The number of hydrogen-bond acceptors (Lipinski definition) is 3. The van der Waals surface area contributed by atoms with Gasteiger partial charge >= 0.3 is 0 Å². The molecule has 1 aromatic heterocycles. The zero-order chi connectivity index (χ0) is 13.1. The second-order valence-corrected chi connectivity index (χ2v) is 4.96. The Balaban J connectivity index is 1.99. The molecule has 0 radical (unpaired) electrons. The van der Waals surface area contributed by atoms with Crippen molar-refractivity contribution < 1.29 is 9.18 Å². The van der Waals surface area contributed by atoms with Gasteiger partial charge in [-0.1, -0.05) is 0 Å². The van der Waals surface area contributed by atoms with Gasteiger partial charge in [0.05, 0.1) is 11.8 Å². The van der Waals surface area contributed by atoms with Crippen LogP contribution in [-0.2, 0) is 0 Å². The van der Waals surface area contributed by atoms with Crippen molar-refractivity contribution in [2.24, 2.45) is 5.92 Å². The van der Waals surface area contributed by atoms with Crippen LogP contribution in [0.2, 0.25) is 0 Å². The molecule has 1 aromatic rings. The summed E-state index contributed by atoms with van der Waals surface area (Å²) in [4.78, 5) is 19.6. The standard InChI is InChI=1S/C13H18FN3O/c1-16-6-4-10(8-16)9-17(2)13(18)11-3-5-15-7-12(11)14/h3,5,7,10H,4,6,8-9H2,1-2H3. The van der Waals surface area contributed by atoms with Crippen LogP contribution in [-0.4, -0.2) is 54.4 Å². The van der Waals surface area contributed by atoms with Crippen molar-refractivity contribution in [2.45, 2.75) is 6.42 Å². The van der Waals surface area contributed by atoms with Gasteiger partial charge in [-0.15, -0.1) is 0 Å². The number of carbonyl (C=O) groups is 1. The van der Waals surface area contributed by atoms with E-state index in [9.17, 15) is 9.18 Å². The van der Waals surface area contributed by atoms with Gasteiger partial charge in [-0.05, 0) is 32.0 Å². The molecule has 1 atom stereocenters.